The van der Waals surface area contributed by atoms with Gasteiger partial charge in [-0.3, -0.25) is 9.78 Å². The Kier molecular flexibility index (Phi) is 11.3. The molecule has 7 heteroatoms. The minimum atomic E-state index is -1.88. The third kappa shape index (κ3) is 8.63. The van der Waals surface area contributed by atoms with Gasteiger partial charge in [-0.05, 0) is 92.0 Å². The molecular formula is C38H53NO5Si. The second-order valence-corrected chi connectivity index (χ2v) is 19.2. The van der Waals surface area contributed by atoms with Crippen molar-refractivity contribution >= 4 is 14.1 Å². The molecule has 45 heavy (non-hydrogen) atoms. The van der Waals surface area contributed by atoms with Crippen LogP contribution in [0.2, 0.25) is 18.1 Å². The molecule has 2 aromatic carbocycles. The van der Waals surface area contributed by atoms with Crippen molar-refractivity contribution in [3.8, 4) is 11.5 Å². The van der Waals surface area contributed by atoms with Crippen molar-refractivity contribution in [2.45, 2.75) is 111 Å². The molecule has 0 bridgehead atoms. The summed E-state index contributed by atoms with van der Waals surface area (Å²) in [6.45, 7) is 20.4. The number of fused-ring (bicyclic) bond motifs is 1. The Morgan fingerprint density at radius 1 is 1.04 bits per heavy atom. The van der Waals surface area contributed by atoms with Crippen LogP contribution < -0.4 is 9.47 Å². The van der Waals surface area contributed by atoms with Gasteiger partial charge in [-0.1, -0.05) is 76.9 Å². The van der Waals surface area contributed by atoms with Crippen LogP contribution in [-0.2, 0) is 22.1 Å². The van der Waals surface area contributed by atoms with Crippen LogP contribution >= 0.6 is 0 Å². The quantitative estimate of drug-likeness (QED) is 0.179. The Balaban J connectivity index is 1.77. The lowest BCUT2D eigenvalue weighted by Gasteiger charge is -2.37. The van der Waals surface area contributed by atoms with Crippen LogP contribution in [0.15, 0.2) is 48.5 Å². The van der Waals surface area contributed by atoms with E-state index in [-0.39, 0.29) is 23.5 Å². The van der Waals surface area contributed by atoms with Crippen LogP contribution in [0, 0.1) is 12.8 Å². The third-order valence-electron chi connectivity index (χ3n) is 9.41. The predicted octanol–water partition coefficient (Wildman–Crippen LogP) is 8.85. The molecule has 6 nitrogen and oxygen atoms in total. The molecule has 1 aliphatic heterocycles. The second kappa shape index (κ2) is 14.6. The van der Waals surface area contributed by atoms with Gasteiger partial charge in [0.15, 0.2) is 19.8 Å². The van der Waals surface area contributed by atoms with Gasteiger partial charge in [0.1, 0.15) is 11.9 Å². The van der Waals surface area contributed by atoms with E-state index in [9.17, 15) is 9.90 Å². The molecule has 0 radical (unpaired) electrons. The predicted molar refractivity (Wildman–Crippen MR) is 184 cm³/mol. The van der Waals surface area contributed by atoms with Gasteiger partial charge >= 0.3 is 0 Å². The number of hydrogen-bond donors (Lipinski definition) is 1. The van der Waals surface area contributed by atoms with Gasteiger partial charge < -0.3 is 19.0 Å². The standard InChI is InChI=1S/C38H53NO5Si/c1-10-11-12-30-15-17-32(37(41)28-14-18-34-35(22-28)43-24-42-34)36(39-30)33(21-27(4)40)31-16-13-25(2)19-29(31)20-26(3)23-44-45(8,9)38(5,6)7/h13-19,22,26,33,37,41H,10-12,20-21,23-24H2,1-9H3/t26-,33+,37?/m0/s1. The number of carbonyl (C=O) groups is 1. The van der Waals surface area contributed by atoms with E-state index in [1.54, 1.807) is 6.92 Å². The lowest BCUT2D eigenvalue weighted by Crippen LogP contribution is -2.41. The Hall–Kier alpha value is -3.00. The fourth-order valence-electron chi connectivity index (χ4n) is 5.69. The number of Topliss-reactive ketones (excluding diaryl/α,β-unsaturated/α-hetero) is 1. The van der Waals surface area contributed by atoms with Gasteiger partial charge in [0, 0.05) is 30.2 Å². The van der Waals surface area contributed by atoms with Crippen molar-refractivity contribution in [1.82, 2.24) is 4.98 Å². The Morgan fingerprint density at radius 3 is 2.44 bits per heavy atom. The number of nitrogens with zero attached hydrogens (tertiary/aromatic N) is 1. The molecule has 1 aromatic heterocycles. The van der Waals surface area contributed by atoms with Gasteiger partial charge in [-0.2, -0.15) is 0 Å². The first-order valence-electron chi connectivity index (χ1n) is 16.5. The van der Waals surface area contributed by atoms with E-state index in [1.165, 1.54) is 11.1 Å². The molecule has 0 amide bonds. The summed E-state index contributed by atoms with van der Waals surface area (Å²) in [5.41, 5.74) is 6.63. The maximum Gasteiger partial charge on any atom is 0.231 e. The normalized spacial score (nSPS) is 15.2. The fraction of sp³-hybridized carbons (Fsp3) is 0.526. The number of aryl methyl sites for hydroxylation is 2. The summed E-state index contributed by atoms with van der Waals surface area (Å²) in [5, 5.41) is 12.0. The van der Waals surface area contributed by atoms with E-state index in [1.807, 2.05) is 30.3 Å². The van der Waals surface area contributed by atoms with Crippen molar-refractivity contribution < 1.29 is 23.8 Å². The van der Waals surface area contributed by atoms with Crippen LogP contribution in [0.5, 0.6) is 11.5 Å². The van der Waals surface area contributed by atoms with Crippen molar-refractivity contribution in [1.29, 1.82) is 0 Å². The van der Waals surface area contributed by atoms with E-state index in [0.717, 1.165) is 42.6 Å². The molecule has 3 atom stereocenters. The zero-order valence-corrected chi connectivity index (χ0v) is 29.8. The molecule has 4 rings (SSSR count). The number of aliphatic hydroxyl groups excluding tert-OH is 1. The number of unbranched alkanes of at least 4 members (excludes halogenated alkanes) is 1. The Bertz CT molecular complexity index is 1480. The molecule has 0 fully saturated rings. The van der Waals surface area contributed by atoms with Gasteiger partial charge in [0.25, 0.3) is 0 Å². The molecule has 3 aromatic rings. The number of ether oxygens (including phenoxy) is 2. The first-order valence-corrected chi connectivity index (χ1v) is 19.4. The minimum absolute atomic E-state index is 0.0881. The molecule has 0 aliphatic carbocycles. The average molecular weight is 632 g/mol. The number of aliphatic hydroxyl groups is 1. The fourth-order valence-corrected chi connectivity index (χ4v) is 6.83. The van der Waals surface area contributed by atoms with Crippen LogP contribution in [0.25, 0.3) is 0 Å². The lowest BCUT2D eigenvalue weighted by molar-refractivity contribution is -0.117. The summed E-state index contributed by atoms with van der Waals surface area (Å²) in [4.78, 5) is 18.1. The van der Waals surface area contributed by atoms with E-state index in [4.69, 9.17) is 18.9 Å². The summed E-state index contributed by atoms with van der Waals surface area (Å²) >= 11 is 0. The zero-order chi connectivity index (χ0) is 32.9. The number of hydrogen-bond acceptors (Lipinski definition) is 6. The number of pyridine rings is 1. The minimum Gasteiger partial charge on any atom is -0.454 e. The maximum absolute atomic E-state index is 12.9. The SMILES string of the molecule is CCCCc1ccc(C(O)c2ccc3c(c2)OCO3)c([C@H](CC(C)=O)c2ccc(C)cc2C[C@H](C)CO[Si](C)(C)C(C)(C)C)n1. The molecular weight excluding hydrogens is 579 g/mol. The molecule has 1 N–H and O–H groups in total. The highest BCUT2D eigenvalue weighted by molar-refractivity contribution is 6.74. The summed E-state index contributed by atoms with van der Waals surface area (Å²) in [6.07, 6.45) is 3.12. The van der Waals surface area contributed by atoms with E-state index >= 15 is 0 Å². The highest BCUT2D eigenvalue weighted by atomic mass is 28.4. The van der Waals surface area contributed by atoms with Crippen LogP contribution in [0.3, 0.4) is 0 Å². The van der Waals surface area contributed by atoms with Crippen molar-refractivity contribution in [3.63, 3.8) is 0 Å². The van der Waals surface area contributed by atoms with E-state index < -0.39 is 14.4 Å². The van der Waals surface area contributed by atoms with Gasteiger partial charge in [0.2, 0.25) is 6.79 Å². The summed E-state index contributed by atoms with van der Waals surface area (Å²) in [5.74, 6) is 1.37. The number of carbonyl (C=O) groups excluding carboxylic acids is 1. The Morgan fingerprint density at radius 2 is 1.76 bits per heavy atom. The smallest absolute Gasteiger partial charge is 0.231 e. The topological polar surface area (TPSA) is 77.9 Å². The number of benzene rings is 2. The van der Waals surface area contributed by atoms with E-state index in [0.29, 0.717) is 41.6 Å². The lowest BCUT2D eigenvalue weighted by atomic mass is 9.81. The zero-order valence-electron chi connectivity index (χ0n) is 28.8. The number of aromatic nitrogens is 1. The van der Waals surface area contributed by atoms with Crippen molar-refractivity contribution in [3.05, 3.63) is 87.7 Å². The molecule has 1 aliphatic rings. The number of rotatable bonds is 14. The van der Waals surface area contributed by atoms with Gasteiger partial charge in [-0.15, -0.1) is 0 Å². The number of ketones is 1. The molecule has 1 unspecified atom stereocenters. The van der Waals surface area contributed by atoms with Crippen LogP contribution in [-0.4, -0.2) is 37.6 Å². The third-order valence-corrected chi connectivity index (χ3v) is 13.9. The molecule has 244 valence electrons. The van der Waals surface area contributed by atoms with Gasteiger partial charge in [0.05, 0.1) is 5.69 Å². The van der Waals surface area contributed by atoms with Crippen LogP contribution in [0.1, 0.15) is 112 Å². The van der Waals surface area contributed by atoms with Gasteiger partial charge in [-0.25, -0.2) is 0 Å². The first kappa shape index (κ1) is 34.9. The summed E-state index contributed by atoms with van der Waals surface area (Å²) < 4.78 is 17.7. The second-order valence-electron chi connectivity index (χ2n) is 14.4. The monoisotopic (exact) mass is 631 g/mol. The van der Waals surface area contributed by atoms with Crippen molar-refractivity contribution in [2.75, 3.05) is 13.4 Å². The maximum atomic E-state index is 12.9. The van der Waals surface area contributed by atoms with Crippen molar-refractivity contribution in [2.24, 2.45) is 5.92 Å². The summed E-state index contributed by atoms with van der Waals surface area (Å²) in [7, 11) is -1.88. The first-order chi connectivity index (χ1) is 21.2. The Labute approximate surface area is 271 Å². The molecule has 0 saturated heterocycles. The molecule has 0 saturated carbocycles. The van der Waals surface area contributed by atoms with Crippen LogP contribution in [0.4, 0.5) is 0 Å². The molecule has 2 heterocycles. The highest BCUT2D eigenvalue weighted by Crippen LogP contribution is 2.41. The average Bonchev–Trinajstić information content (AvgIpc) is 3.45. The largest absolute Gasteiger partial charge is 0.454 e. The summed E-state index contributed by atoms with van der Waals surface area (Å²) in [6, 6.07) is 16.1. The van der Waals surface area contributed by atoms with E-state index in [2.05, 4.69) is 72.8 Å². The highest BCUT2D eigenvalue weighted by Gasteiger charge is 2.37. The molecule has 0 spiro atoms.